The summed E-state index contributed by atoms with van der Waals surface area (Å²) in [7, 11) is 0. The Morgan fingerprint density at radius 3 is 2.13 bits per heavy atom. The molecule has 4 aromatic rings. The summed E-state index contributed by atoms with van der Waals surface area (Å²) in [5, 5.41) is 3.25. The Balaban J connectivity index is 1.89. The number of halogens is 1. The highest BCUT2D eigenvalue weighted by Crippen LogP contribution is 2.32. The maximum atomic E-state index is 6.15. The Bertz CT molecular complexity index is 971. The molecule has 0 saturated heterocycles. The Morgan fingerprint density at radius 1 is 0.522 bits per heavy atom. The second kappa shape index (κ2) is 5.91. The van der Waals surface area contributed by atoms with Gasteiger partial charge in [0, 0.05) is 5.02 Å². The van der Waals surface area contributed by atoms with Crippen LogP contribution in [0.25, 0.3) is 33.0 Å². The van der Waals surface area contributed by atoms with Crippen molar-refractivity contribution in [2.45, 2.75) is 0 Å². The summed E-state index contributed by atoms with van der Waals surface area (Å²) < 4.78 is 0. The van der Waals surface area contributed by atoms with Crippen LogP contribution in [0.3, 0.4) is 0 Å². The minimum Gasteiger partial charge on any atom is -0.0843 e. The lowest BCUT2D eigenvalue weighted by atomic mass is 9.95. The van der Waals surface area contributed by atoms with Crippen LogP contribution >= 0.6 is 11.6 Å². The van der Waals surface area contributed by atoms with E-state index >= 15 is 0 Å². The predicted octanol–water partition coefficient (Wildman–Crippen LogP) is 6.83. The van der Waals surface area contributed by atoms with Gasteiger partial charge < -0.3 is 0 Å². The number of rotatable bonds is 2. The molecule has 110 valence electrons. The minimum atomic E-state index is 0.764. The van der Waals surface area contributed by atoms with Crippen molar-refractivity contribution in [2.24, 2.45) is 0 Å². The van der Waals surface area contributed by atoms with Crippen LogP contribution in [0.2, 0.25) is 5.02 Å². The maximum absolute atomic E-state index is 6.15. The maximum Gasteiger partial charge on any atom is 0.0412 e. The molecule has 0 aliphatic rings. The van der Waals surface area contributed by atoms with E-state index in [-0.39, 0.29) is 0 Å². The third-order valence-corrected chi connectivity index (χ3v) is 4.36. The summed E-state index contributed by atoms with van der Waals surface area (Å²) in [5.74, 6) is 0. The van der Waals surface area contributed by atoms with Gasteiger partial charge in [0.15, 0.2) is 0 Å². The van der Waals surface area contributed by atoms with E-state index in [9.17, 15) is 0 Å². The predicted molar refractivity (Wildman–Crippen MR) is 99.8 cm³/mol. The van der Waals surface area contributed by atoms with Gasteiger partial charge in [-0.05, 0) is 51.2 Å². The van der Waals surface area contributed by atoms with E-state index in [4.69, 9.17) is 11.6 Å². The zero-order valence-electron chi connectivity index (χ0n) is 12.5. The van der Waals surface area contributed by atoms with Crippen LogP contribution in [0, 0.1) is 0 Å². The first kappa shape index (κ1) is 14.0. The van der Waals surface area contributed by atoms with Gasteiger partial charge in [-0.25, -0.2) is 0 Å². The first-order valence-corrected chi connectivity index (χ1v) is 8.03. The van der Waals surface area contributed by atoms with Crippen LogP contribution in [-0.4, -0.2) is 0 Å². The molecule has 0 aliphatic carbocycles. The molecule has 0 aliphatic heterocycles. The standard InChI is InChI=1S/C22H15Cl/c23-20-10-4-8-19(15-20)21-11-5-9-18-14-17(12-13-22(18)21)16-6-2-1-3-7-16/h1-15H. The van der Waals surface area contributed by atoms with Crippen LogP contribution in [0.5, 0.6) is 0 Å². The van der Waals surface area contributed by atoms with Gasteiger partial charge in [0.1, 0.15) is 0 Å². The fourth-order valence-electron chi connectivity index (χ4n) is 3.00. The second-order valence-electron chi connectivity index (χ2n) is 5.62. The normalized spacial score (nSPS) is 10.8. The van der Waals surface area contributed by atoms with E-state index in [1.165, 1.54) is 27.5 Å². The quantitative estimate of drug-likeness (QED) is 0.380. The first-order valence-electron chi connectivity index (χ1n) is 7.65. The molecule has 0 heterocycles. The second-order valence-corrected chi connectivity index (χ2v) is 6.05. The molecule has 0 amide bonds. The van der Waals surface area contributed by atoms with E-state index in [1.807, 2.05) is 24.3 Å². The van der Waals surface area contributed by atoms with Crippen LogP contribution in [0.15, 0.2) is 91.0 Å². The minimum absolute atomic E-state index is 0.764. The van der Waals surface area contributed by atoms with Gasteiger partial charge in [0.25, 0.3) is 0 Å². The zero-order chi connectivity index (χ0) is 15.6. The summed E-state index contributed by atoms with van der Waals surface area (Å²) in [5.41, 5.74) is 4.84. The molecule has 0 aromatic heterocycles. The molecule has 0 atom stereocenters. The van der Waals surface area contributed by atoms with Crippen LogP contribution in [0.1, 0.15) is 0 Å². The lowest BCUT2D eigenvalue weighted by Gasteiger charge is -2.09. The van der Waals surface area contributed by atoms with Crippen molar-refractivity contribution in [1.82, 2.24) is 0 Å². The average Bonchev–Trinajstić information content (AvgIpc) is 2.61. The molecule has 0 spiro atoms. The molecule has 1 heteroatoms. The van der Waals surface area contributed by atoms with Gasteiger partial charge in [-0.1, -0.05) is 84.4 Å². The van der Waals surface area contributed by atoms with Crippen molar-refractivity contribution in [3.63, 3.8) is 0 Å². The zero-order valence-corrected chi connectivity index (χ0v) is 13.3. The highest BCUT2D eigenvalue weighted by molar-refractivity contribution is 6.30. The van der Waals surface area contributed by atoms with E-state index in [0.29, 0.717) is 0 Å². The molecule has 0 nitrogen and oxygen atoms in total. The van der Waals surface area contributed by atoms with Gasteiger partial charge in [0.05, 0.1) is 0 Å². The number of fused-ring (bicyclic) bond motifs is 1. The average molecular weight is 315 g/mol. The van der Waals surface area contributed by atoms with Crippen LogP contribution in [-0.2, 0) is 0 Å². The van der Waals surface area contributed by atoms with E-state index in [0.717, 1.165) is 10.6 Å². The summed E-state index contributed by atoms with van der Waals surface area (Å²) >= 11 is 6.15. The molecule has 23 heavy (non-hydrogen) atoms. The monoisotopic (exact) mass is 314 g/mol. The van der Waals surface area contributed by atoms with Gasteiger partial charge in [-0.15, -0.1) is 0 Å². The van der Waals surface area contributed by atoms with Crippen molar-refractivity contribution in [3.05, 3.63) is 96.0 Å². The van der Waals surface area contributed by atoms with E-state index < -0.39 is 0 Å². The van der Waals surface area contributed by atoms with Crippen molar-refractivity contribution >= 4 is 22.4 Å². The third kappa shape index (κ3) is 2.74. The fraction of sp³-hybridized carbons (Fsp3) is 0. The first-order chi connectivity index (χ1) is 11.3. The molecule has 4 rings (SSSR count). The van der Waals surface area contributed by atoms with Crippen molar-refractivity contribution in [2.75, 3.05) is 0 Å². The van der Waals surface area contributed by atoms with Gasteiger partial charge >= 0.3 is 0 Å². The number of hydrogen-bond donors (Lipinski definition) is 0. The molecule has 0 radical (unpaired) electrons. The lowest BCUT2D eigenvalue weighted by molar-refractivity contribution is 1.63. The van der Waals surface area contributed by atoms with Gasteiger partial charge in [0.2, 0.25) is 0 Å². The number of hydrogen-bond acceptors (Lipinski definition) is 0. The highest BCUT2D eigenvalue weighted by Gasteiger charge is 2.06. The SMILES string of the molecule is Clc1cccc(-c2cccc3cc(-c4ccccc4)ccc23)c1. The number of benzene rings is 4. The summed E-state index contributed by atoms with van der Waals surface area (Å²) in [6.45, 7) is 0. The molecule has 0 bridgehead atoms. The van der Waals surface area contributed by atoms with Crippen LogP contribution in [0.4, 0.5) is 0 Å². The topological polar surface area (TPSA) is 0 Å². The Labute approximate surface area is 141 Å². The van der Waals surface area contributed by atoms with E-state index in [1.54, 1.807) is 0 Å². The van der Waals surface area contributed by atoms with Crippen molar-refractivity contribution in [1.29, 1.82) is 0 Å². The largest absolute Gasteiger partial charge is 0.0843 e. The fourth-order valence-corrected chi connectivity index (χ4v) is 3.19. The summed E-state index contributed by atoms with van der Waals surface area (Å²) in [6.07, 6.45) is 0. The van der Waals surface area contributed by atoms with Gasteiger partial charge in [-0.3, -0.25) is 0 Å². The van der Waals surface area contributed by atoms with Crippen LogP contribution < -0.4 is 0 Å². The third-order valence-electron chi connectivity index (χ3n) is 4.12. The van der Waals surface area contributed by atoms with Gasteiger partial charge in [-0.2, -0.15) is 0 Å². The molecule has 0 saturated carbocycles. The lowest BCUT2D eigenvalue weighted by Crippen LogP contribution is -1.83. The Hall–Kier alpha value is -2.57. The van der Waals surface area contributed by atoms with Crippen molar-refractivity contribution in [3.8, 4) is 22.3 Å². The smallest absolute Gasteiger partial charge is 0.0412 e. The molecule has 0 fully saturated rings. The molecule has 0 unspecified atom stereocenters. The summed E-state index contributed by atoms with van der Waals surface area (Å²) in [4.78, 5) is 0. The highest BCUT2D eigenvalue weighted by atomic mass is 35.5. The molecular formula is C22H15Cl. The Morgan fingerprint density at radius 2 is 1.30 bits per heavy atom. The summed E-state index contributed by atoms with van der Waals surface area (Å²) in [6, 6.07) is 31.5. The molecule has 4 aromatic carbocycles. The Kier molecular flexibility index (Phi) is 3.61. The van der Waals surface area contributed by atoms with Crippen molar-refractivity contribution < 1.29 is 0 Å². The van der Waals surface area contributed by atoms with E-state index in [2.05, 4.69) is 66.7 Å². The molecule has 0 N–H and O–H groups in total. The molecular weight excluding hydrogens is 300 g/mol.